The summed E-state index contributed by atoms with van der Waals surface area (Å²) in [5.41, 5.74) is 2.39. The number of amides is 1. The highest BCUT2D eigenvalue weighted by atomic mass is 16.2. The molecule has 3 heteroatoms. The molecule has 0 spiro atoms. The zero-order valence-electron chi connectivity index (χ0n) is 11.4. The van der Waals surface area contributed by atoms with E-state index in [1.807, 2.05) is 6.92 Å². The van der Waals surface area contributed by atoms with Gasteiger partial charge in [0.05, 0.1) is 12.1 Å². The van der Waals surface area contributed by atoms with Gasteiger partial charge in [-0.2, -0.15) is 0 Å². The highest BCUT2D eigenvalue weighted by Gasteiger charge is 2.29. The zero-order valence-corrected chi connectivity index (χ0v) is 11.4. The molecule has 1 fully saturated rings. The first-order chi connectivity index (χ1) is 8.58. The lowest BCUT2D eigenvalue weighted by Gasteiger charge is -2.20. The van der Waals surface area contributed by atoms with E-state index in [0.717, 1.165) is 18.5 Å². The molecule has 0 saturated carbocycles. The lowest BCUT2D eigenvalue weighted by atomic mass is 10.0. The van der Waals surface area contributed by atoms with Crippen LogP contribution in [0.15, 0.2) is 24.3 Å². The van der Waals surface area contributed by atoms with Crippen LogP contribution in [0.25, 0.3) is 0 Å². The molecule has 1 saturated heterocycles. The summed E-state index contributed by atoms with van der Waals surface area (Å²) < 4.78 is 0. The topological polar surface area (TPSA) is 41.1 Å². The second-order valence-corrected chi connectivity index (χ2v) is 5.34. The van der Waals surface area contributed by atoms with Crippen LogP contribution in [0.5, 0.6) is 0 Å². The van der Waals surface area contributed by atoms with Crippen LogP contribution in [0.1, 0.15) is 37.4 Å². The third kappa shape index (κ3) is 2.91. The second-order valence-electron chi connectivity index (χ2n) is 5.34. The Morgan fingerprint density at radius 3 is 2.61 bits per heavy atom. The Hall–Kier alpha value is -1.35. The van der Waals surface area contributed by atoms with Crippen molar-refractivity contribution in [2.75, 3.05) is 6.54 Å². The first kappa shape index (κ1) is 13.1. The van der Waals surface area contributed by atoms with E-state index in [0.29, 0.717) is 5.92 Å². The van der Waals surface area contributed by atoms with Gasteiger partial charge in [-0.1, -0.05) is 36.8 Å². The van der Waals surface area contributed by atoms with Crippen LogP contribution < -0.4 is 10.6 Å². The van der Waals surface area contributed by atoms with Gasteiger partial charge in [0.25, 0.3) is 0 Å². The summed E-state index contributed by atoms with van der Waals surface area (Å²) in [6, 6.07) is 8.34. The van der Waals surface area contributed by atoms with Gasteiger partial charge < -0.3 is 10.6 Å². The summed E-state index contributed by atoms with van der Waals surface area (Å²) in [5.74, 6) is 0.545. The second kappa shape index (κ2) is 5.53. The van der Waals surface area contributed by atoms with Gasteiger partial charge in [0.1, 0.15) is 0 Å². The number of hydrogen-bond acceptors (Lipinski definition) is 2. The van der Waals surface area contributed by atoms with Gasteiger partial charge in [0.2, 0.25) is 5.91 Å². The van der Waals surface area contributed by atoms with E-state index in [2.05, 4.69) is 48.7 Å². The average molecular weight is 246 g/mol. The van der Waals surface area contributed by atoms with E-state index in [1.165, 1.54) is 5.56 Å². The van der Waals surface area contributed by atoms with Crippen LogP contribution in [0, 0.1) is 12.8 Å². The SMILES string of the molecule is Cc1ccc(C(C)NC(=O)C2NCCC2C)cc1. The minimum Gasteiger partial charge on any atom is -0.348 e. The third-order valence-electron chi connectivity index (χ3n) is 3.75. The summed E-state index contributed by atoms with van der Waals surface area (Å²) in [6.45, 7) is 7.16. The molecule has 18 heavy (non-hydrogen) atoms. The Kier molecular flexibility index (Phi) is 4.02. The number of carbonyl (C=O) groups excluding carboxylic acids is 1. The molecule has 2 rings (SSSR count). The van der Waals surface area contributed by atoms with Crippen LogP contribution in [0.2, 0.25) is 0 Å². The first-order valence-electron chi connectivity index (χ1n) is 6.68. The Bertz CT molecular complexity index is 413. The van der Waals surface area contributed by atoms with Gasteiger partial charge in [-0.05, 0) is 38.3 Å². The summed E-state index contributed by atoms with van der Waals surface area (Å²) >= 11 is 0. The van der Waals surface area contributed by atoms with Crippen LogP contribution in [-0.4, -0.2) is 18.5 Å². The maximum atomic E-state index is 12.1. The van der Waals surface area contributed by atoms with Gasteiger partial charge in [-0.3, -0.25) is 4.79 Å². The molecule has 2 N–H and O–H groups in total. The summed E-state index contributed by atoms with van der Waals surface area (Å²) in [5, 5.41) is 6.35. The normalized spacial score (nSPS) is 24.8. The Morgan fingerprint density at radius 1 is 1.39 bits per heavy atom. The number of carbonyl (C=O) groups is 1. The van der Waals surface area contributed by atoms with Crippen LogP contribution >= 0.6 is 0 Å². The molecule has 0 bridgehead atoms. The molecule has 98 valence electrons. The summed E-state index contributed by atoms with van der Waals surface area (Å²) in [4.78, 5) is 12.1. The molecule has 0 aromatic heterocycles. The molecule has 1 aromatic carbocycles. The lowest BCUT2D eigenvalue weighted by molar-refractivity contribution is -0.124. The maximum Gasteiger partial charge on any atom is 0.237 e. The quantitative estimate of drug-likeness (QED) is 0.858. The van der Waals surface area contributed by atoms with Gasteiger partial charge in [0, 0.05) is 0 Å². The molecule has 3 nitrogen and oxygen atoms in total. The van der Waals surface area contributed by atoms with Crippen molar-refractivity contribution in [2.24, 2.45) is 5.92 Å². The number of benzene rings is 1. The van der Waals surface area contributed by atoms with Crippen LogP contribution in [0.4, 0.5) is 0 Å². The van der Waals surface area contributed by atoms with Gasteiger partial charge in [-0.25, -0.2) is 0 Å². The monoisotopic (exact) mass is 246 g/mol. The fraction of sp³-hybridized carbons (Fsp3) is 0.533. The van der Waals surface area contributed by atoms with Crippen molar-refractivity contribution in [3.05, 3.63) is 35.4 Å². The minimum absolute atomic E-state index is 0.0297. The van der Waals surface area contributed by atoms with Crippen molar-refractivity contribution in [3.8, 4) is 0 Å². The first-order valence-corrected chi connectivity index (χ1v) is 6.68. The molecule has 1 aliphatic heterocycles. The fourth-order valence-corrected chi connectivity index (χ4v) is 2.43. The van der Waals surface area contributed by atoms with E-state index >= 15 is 0 Å². The molecule has 1 amide bonds. The number of aryl methyl sites for hydroxylation is 1. The average Bonchev–Trinajstić information content (AvgIpc) is 2.76. The van der Waals surface area contributed by atoms with E-state index in [9.17, 15) is 4.79 Å². The lowest BCUT2D eigenvalue weighted by Crippen LogP contribution is -2.44. The van der Waals surface area contributed by atoms with Crippen molar-refractivity contribution in [1.82, 2.24) is 10.6 Å². The molecule has 1 heterocycles. The number of rotatable bonds is 3. The summed E-state index contributed by atoms with van der Waals surface area (Å²) in [7, 11) is 0. The predicted octanol–water partition coefficient (Wildman–Crippen LogP) is 2.17. The zero-order chi connectivity index (χ0) is 13.1. The number of nitrogens with one attached hydrogen (secondary N) is 2. The highest BCUT2D eigenvalue weighted by molar-refractivity contribution is 5.82. The molecular formula is C15H22N2O. The van der Waals surface area contributed by atoms with E-state index < -0.39 is 0 Å². The Morgan fingerprint density at radius 2 is 2.06 bits per heavy atom. The Labute approximate surface area is 109 Å². The fourth-order valence-electron chi connectivity index (χ4n) is 2.43. The number of hydrogen-bond donors (Lipinski definition) is 2. The maximum absolute atomic E-state index is 12.1. The molecular weight excluding hydrogens is 224 g/mol. The Balaban J connectivity index is 1.96. The smallest absolute Gasteiger partial charge is 0.237 e. The largest absolute Gasteiger partial charge is 0.348 e. The predicted molar refractivity (Wildman–Crippen MR) is 73.3 cm³/mol. The molecule has 1 aromatic rings. The van der Waals surface area contributed by atoms with Crippen molar-refractivity contribution < 1.29 is 4.79 Å². The van der Waals surface area contributed by atoms with E-state index in [4.69, 9.17) is 0 Å². The van der Waals surface area contributed by atoms with E-state index in [-0.39, 0.29) is 18.0 Å². The molecule has 3 unspecified atom stereocenters. The minimum atomic E-state index is -0.0297. The van der Waals surface area contributed by atoms with Crippen molar-refractivity contribution in [2.45, 2.75) is 39.3 Å². The molecule has 1 aliphatic rings. The van der Waals surface area contributed by atoms with Crippen LogP contribution in [0.3, 0.4) is 0 Å². The van der Waals surface area contributed by atoms with Gasteiger partial charge in [-0.15, -0.1) is 0 Å². The third-order valence-corrected chi connectivity index (χ3v) is 3.75. The molecule has 3 atom stereocenters. The standard InChI is InChI=1S/C15H22N2O/c1-10-4-6-13(7-5-10)12(3)17-15(18)14-11(2)8-9-16-14/h4-7,11-12,14,16H,8-9H2,1-3H3,(H,17,18). The van der Waals surface area contributed by atoms with Crippen molar-refractivity contribution in [3.63, 3.8) is 0 Å². The molecule has 0 radical (unpaired) electrons. The van der Waals surface area contributed by atoms with Crippen molar-refractivity contribution in [1.29, 1.82) is 0 Å². The van der Waals surface area contributed by atoms with Crippen LogP contribution in [-0.2, 0) is 4.79 Å². The molecule has 0 aliphatic carbocycles. The highest BCUT2D eigenvalue weighted by Crippen LogP contribution is 2.17. The van der Waals surface area contributed by atoms with Gasteiger partial charge >= 0.3 is 0 Å². The van der Waals surface area contributed by atoms with Crippen molar-refractivity contribution >= 4 is 5.91 Å². The summed E-state index contributed by atoms with van der Waals surface area (Å²) in [6.07, 6.45) is 1.08. The van der Waals surface area contributed by atoms with E-state index in [1.54, 1.807) is 0 Å². The van der Waals surface area contributed by atoms with Gasteiger partial charge in [0.15, 0.2) is 0 Å².